The van der Waals surface area contributed by atoms with Gasteiger partial charge < -0.3 is 5.32 Å². The van der Waals surface area contributed by atoms with E-state index in [4.69, 9.17) is 0 Å². The summed E-state index contributed by atoms with van der Waals surface area (Å²) in [5.41, 5.74) is 3.29. The number of aromatic nitrogens is 1. The number of rotatable bonds is 7. The molecule has 0 aliphatic rings. The van der Waals surface area contributed by atoms with Gasteiger partial charge in [0.05, 0.1) is 10.6 Å². The maximum atomic E-state index is 13.3. The van der Waals surface area contributed by atoms with Gasteiger partial charge in [-0.1, -0.05) is 35.4 Å². The molecular formula is C22H23N3O3S. The topological polar surface area (TPSA) is 79.4 Å². The van der Waals surface area contributed by atoms with Crippen LogP contribution in [0.5, 0.6) is 0 Å². The third-order valence-corrected chi connectivity index (χ3v) is 6.25. The van der Waals surface area contributed by atoms with Crippen LogP contribution in [0.25, 0.3) is 0 Å². The van der Waals surface area contributed by atoms with E-state index in [1.54, 1.807) is 60.9 Å². The molecule has 1 amide bonds. The van der Waals surface area contributed by atoms with Crippen LogP contribution in [0.3, 0.4) is 0 Å². The van der Waals surface area contributed by atoms with E-state index in [0.717, 1.165) is 21.0 Å². The van der Waals surface area contributed by atoms with Crippen LogP contribution in [-0.2, 0) is 21.4 Å². The summed E-state index contributed by atoms with van der Waals surface area (Å²) in [6, 6.07) is 17.2. The normalized spacial score (nSPS) is 11.1. The lowest BCUT2D eigenvalue weighted by molar-refractivity contribution is -0.119. The Labute approximate surface area is 171 Å². The number of benzene rings is 2. The average Bonchev–Trinajstić information content (AvgIpc) is 2.72. The number of amides is 1. The highest BCUT2D eigenvalue weighted by atomic mass is 32.2. The van der Waals surface area contributed by atoms with Gasteiger partial charge in [0.25, 0.3) is 10.0 Å². The van der Waals surface area contributed by atoms with Gasteiger partial charge in [-0.15, -0.1) is 0 Å². The van der Waals surface area contributed by atoms with Crippen LogP contribution < -0.4 is 9.62 Å². The van der Waals surface area contributed by atoms with Gasteiger partial charge in [-0.3, -0.25) is 14.1 Å². The van der Waals surface area contributed by atoms with Crippen LogP contribution >= 0.6 is 0 Å². The zero-order valence-corrected chi connectivity index (χ0v) is 17.2. The highest BCUT2D eigenvalue weighted by molar-refractivity contribution is 7.92. The number of nitrogens with one attached hydrogen (secondary N) is 1. The standard InChI is InChI=1S/C22H23N3O3S/c1-17-3-7-20(8-4-17)25(29(27,28)21-9-5-18(2)6-10-21)16-22(26)24-15-19-11-13-23-14-12-19/h3-14H,15-16H2,1-2H3,(H,24,26). The van der Waals surface area contributed by atoms with E-state index < -0.39 is 15.9 Å². The lowest BCUT2D eigenvalue weighted by Gasteiger charge is -2.24. The largest absolute Gasteiger partial charge is 0.350 e. The molecule has 1 N–H and O–H groups in total. The van der Waals surface area contributed by atoms with Crippen molar-refractivity contribution in [3.05, 3.63) is 89.7 Å². The maximum Gasteiger partial charge on any atom is 0.264 e. The van der Waals surface area contributed by atoms with Gasteiger partial charge in [0, 0.05) is 18.9 Å². The lowest BCUT2D eigenvalue weighted by Crippen LogP contribution is -2.40. The zero-order chi connectivity index (χ0) is 20.9. The smallest absolute Gasteiger partial charge is 0.264 e. The van der Waals surface area contributed by atoms with Gasteiger partial charge in [-0.05, 0) is 55.8 Å². The Morgan fingerprint density at radius 3 is 2.03 bits per heavy atom. The molecule has 3 rings (SSSR count). The van der Waals surface area contributed by atoms with Crippen molar-refractivity contribution in [1.82, 2.24) is 10.3 Å². The zero-order valence-electron chi connectivity index (χ0n) is 16.4. The number of hydrogen-bond acceptors (Lipinski definition) is 4. The van der Waals surface area contributed by atoms with E-state index in [0.29, 0.717) is 12.2 Å². The minimum absolute atomic E-state index is 0.144. The molecule has 0 saturated heterocycles. The van der Waals surface area contributed by atoms with E-state index in [9.17, 15) is 13.2 Å². The number of sulfonamides is 1. The molecular weight excluding hydrogens is 386 g/mol. The molecule has 1 heterocycles. The second-order valence-electron chi connectivity index (χ2n) is 6.79. The highest BCUT2D eigenvalue weighted by Crippen LogP contribution is 2.24. The van der Waals surface area contributed by atoms with Crippen molar-refractivity contribution in [3.8, 4) is 0 Å². The second kappa shape index (κ2) is 8.87. The number of hydrogen-bond donors (Lipinski definition) is 1. The van der Waals surface area contributed by atoms with Crippen LogP contribution in [0.4, 0.5) is 5.69 Å². The summed E-state index contributed by atoms with van der Waals surface area (Å²) in [6.45, 7) is 3.79. The Balaban J connectivity index is 1.86. The third kappa shape index (κ3) is 5.20. The van der Waals surface area contributed by atoms with Crippen LogP contribution in [0.1, 0.15) is 16.7 Å². The molecule has 0 unspecified atom stereocenters. The molecule has 0 radical (unpaired) electrons. The molecule has 0 fully saturated rings. The molecule has 6 nitrogen and oxygen atoms in total. The van der Waals surface area contributed by atoms with Gasteiger partial charge in [0.15, 0.2) is 0 Å². The van der Waals surface area contributed by atoms with Gasteiger partial charge in [-0.25, -0.2) is 8.42 Å². The molecule has 0 spiro atoms. The Bertz CT molecular complexity index is 1060. The molecule has 0 saturated carbocycles. The minimum Gasteiger partial charge on any atom is -0.350 e. The number of anilines is 1. The molecule has 29 heavy (non-hydrogen) atoms. The third-order valence-electron chi connectivity index (χ3n) is 4.46. The van der Waals surface area contributed by atoms with Crippen molar-refractivity contribution in [2.24, 2.45) is 0 Å². The summed E-state index contributed by atoms with van der Waals surface area (Å²) in [5, 5.41) is 2.77. The summed E-state index contributed by atoms with van der Waals surface area (Å²) in [7, 11) is -3.90. The van der Waals surface area contributed by atoms with Gasteiger partial charge in [0.2, 0.25) is 5.91 Å². The van der Waals surface area contributed by atoms with Crippen molar-refractivity contribution in [2.75, 3.05) is 10.8 Å². The number of pyridine rings is 1. The first-order valence-corrected chi connectivity index (χ1v) is 10.6. The van der Waals surface area contributed by atoms with Crippen molar-refractivity contribution in [2.45, 2.75) is 25.3 Å². The average molecular weight is 410 g/mol. The minimum atomic E-state index is -3.90. The van der Waals surface area contributed by atoms with Crippen molar-refractivity contribution in [1.29, 1.82) is 0 Å². The van der Waals surface area contributed by atoms with Crippen molar-refractivity contribution >= 4 is 21.6 Å². The summed E-state index contributed by atoms with van der Waals surface area (Å²) in [4.78, 5) is 16.6. The summed E-state index contributed by atoms with van der Waals surface area (Å²) in [6.07, 6.45) is 3.28. The molecule has 3 aromatic rings. The molecule has 0 aliphatic heterocycles. The Kier molecular flexibility index (Phi) is 6.29. The monoisotopic (exact) mass is 409 g/mol. The van der Waals surface area contributed by atoms with E-state index >= 15 is 0 Å². The SMILES string of the molecule is Cc1ccc(N(CC(=O)NCc2ccncc2)S(=O)(=O)c2ccc(C)cc2)cc1. The molecule has 2 aromatic carbocycles. The molecule has 150 valence electrons. The number of nitrogens with zero attached hydrogens (tertiary/aromatic N) is 2. The summed E-state index contributed by atoms with van der Waals surface area (Å²) in [5.74, 6) is -0.391. The van der Waals surface area contributed by atoms with Gasteiger partial charge in [0.1, 0.15) is 6.54 Å². The molecule has 7 heteroatoms. The van der Waals surface area contributed by atoms with Gasteiger partial charge in [-0.2, -0.15) is 0 Å². The lowest BCUT2D eigenvalue weighted by atomic mass is 10.2. The molecule has 1 aromatic heterocycles. The first-order chi connectivity index (χ1) is 13.9. The van der Waals surface area contributed by atoms with Crippen LogP contribution in [0.15, 0.2) is 78.0 Å². The van der Waals surface area contributed by atoms with E-state index in [1.807, 2.05) is 26.0 Å². The second-order valence-corrected chi connectivity index (χ2v) is 8.65. The van der Waals surface area contributed by atoms with E-state index in [-0.39, 0.29) is 11.4 Å². The van der Waals surface area contributed by atoms with E-state index in [1.165, 1.54) is 0 Å². The number of carbonyl (C=O) groups excluding carboxylic acids is 1. The van der Waals surface area contributed by atoms with Crippen LogP contribution in [0, 0.1) is 13.8 Å². The molecule has 0 aliphatic carbocycles. The molecule has 0 atom stereocenters. The van der Waals surface area contributed by atoms with Crippen molar-refractivity contribution < 1.29 is 13.2 Å². The fraction of sp³-hybridized carbons (Fsp3) is 0.182. The van der Waals surface area contributed by atoms with Crippen molar-refractivity contribution in [3.63, 3.8) is 0 Å². The first-order valence-electron chi connectivity index (χ1n) is 9.18. The fourth-order valence-corrected chi connectivity index (χ4v) is 4.17. The highest BCUT2D eigenvalue weighted by Gasteiger charge is 2.27. The van der Waals surface area contributed by atoms with Gasteiger partial charge >= 0.3 is 0 Å². The quantitative estimate of drug-likeness (QED) is 0.650. The maximum absolute atomic E-state index is 13.3. The Morgan fingerprint density at radius 2 is 1.45 bits per heavy atom. The van der Waals surface area contributed by atoms with Crippen LogP contribution in [0.2, 0.25) is 0 Å². The number of carbonyl (C=O) groups is 1. The Morgan fingerprint density at radius 1 is 0.897 bits per heavy atom. The predicted molar refractivity (Wildman–Crippen MR) is 113 cm³/mol. The number of aryl methyl sites for hydroxylation is 2. The van der Waals surface area contributed by atoms with Crippen LogP contribution in [-0.4, -0.2) is 25.9 Å². The fourth-order valence-electron chi connectivity index (χ4n) is 2.75. The molecule has 0 bridgehead atoms. The summed E-state index contributed by atoms with van der Waals surface area (Å²) < 4.78 is 27.7. The first kappa shape index (κ1) is 20.5. The van der Waals surface area contributed by atoms with E-state index in [2.05, 4.69) is 10.3 Å². The Hall–Kier alpha value is -3.19. The predicted octanol–water partition coefficient (Wildman–Crippen LogP) is 3.21. The summed E-state index contributed by atoms with van der Waals surface area (Å²) >= 11 is 0.